The molecule has 0 saturated heterocycles. The van der Waals surface area contributed by atoms with Crippen LogP contribution in [0.1, 0.15) is 20.3 Å². The van der Waals surface area contributed by atoms with Gasteiger partial charge in [0.15, 0.2) is 0 Å². The highest BCUT2D eigenvalue weighted by Crippen LogP contribution is 2.06. The lowest BCUT2D eigenvalue weighted by Gasteiger charge is -2.19. The summed E-state index contributed by atoms with van der Waals surface area (Å²) in [4.78, 5) is 22.9. The Kier molecular flexibility index (Phi) is 7.16. The summed E-state index contributed by atoms with van der Waals surface area (Å²) in [7, 11) is 1.29. The molecule has 0 aromatic heterocycles. The molecule has 0 aliphatic carbocycles. The predicted octanol–water partition coefficient (Wildman–Crippen LogP) is -0.0526. The molecule has 0 heterocycles. The number of esters is 1. The number of methoxy groups -OCH3 is 1. The number of nitrogens with one attached hydrogen (secondary N) is 1. The maximum absolute atomic E-state index is 11.5. The lowest BCUT2D eigenvalue weighted by Crippen LogP contribution is -2.49. The molecule has 5 nitrogen and oxygen atoms in total. The molecule has 0 unspecified atom stereocenters. The maximum Gasteiger partial charge on any atom is 0.328 e. The fourth-order valence-electron chi connectivity index (χ4n) is 1.19. The molecule has 0 aromatic rings. The molecule has 0 aliphatic rings. The van der Waals surface area contributed by atoms with Crippen LogP contribution < -0.4 is 11.1 Å². The Morgan fingerprint density at radius 3 is 2.38 bits per heavy atom. The topological polar surface area (TPSA) is 81.4 Å². The van der Waals surface area contributed by atoms with E-state index in [-0.39, 0.29) is 17.6 Å². The van der Waals surface area contributed by atoms with Crippen molar-refractivity contribution in [1.82, 2.24) is 5.32 Å². The molecule has 94 valence electrons. The molecule has 0 aromatic carbocycles. The second kappa shape index (κ2) is 7.51. The summed E-state index contributed by atoms with van der Waals surface area (Å²) in [6.45, 7) is 3.92. The normalized spacial score (nSPS) is 14.4. The van der Waals surface area contributed by atoms with Crippen LogP contribution in [0.5, 0.6) is 0 Å². The molecule has 0 rings (SSSR count). The van der Waals surface area contributed by atoms with E-state index >= 15 is 0 Å². The van der Waals surface area contributed by atoms with Crippen molar-refractivity contribution in [2.24, 2.45) is 11.7 Å². The number of rotatable bonds is 6. The van der Waals surface area contributed by atoms with Gasteiger partial charge in [-0.15, -0.1) is 0 Å². The molecule has 16 heavy (non-hydrogen) atoms. The first-order valence-electron chi connectivity index (χ1n) is 5.17. The van der Waals surface area contributed by atoms with Gasteiger partial charge in [-0.2, -0.15) is 12.6 Å². The second-order valence-corrected chi connectivity index (χ2v) is 4.37. The average Bonchev–Trinajstić information content (AvgIpc) is 2.25. The molecular weight excluding hydrogens is 228 g/mol. The molecule has 2 atom stereocenters. The third kappa shape index (κ3) is 5.37. The van der Waals surface area contributed by atoms with E-state index < -0.39 is 18.1 Å². The molecule has 0 bridgehead atoms. The van der Waals surface area contributed by atoms with E-state index in [9.17, 15) is 9.59 Å². The van der Waals surface area contributed by atoms with Crippen molar-refractivity contribution in [2.75, 3.05) is 12.9 Å². The molecule has 1 amide bonds. The van der Waals surface area contributed by atoms with E-state index in [1.807, 2.05) is 13.8 Å². The van der Waals surface area contributed by atoms with Gasteiger partial charge in [-0.05, 0) is 12.3 Å². The Morgan fingerprint density at radius 2 is 2.00 bits per heavy atom. The number of thiol groups is 1. The first-order chi connectivity index (χ1) is 7.42. The minimum atomic E-state index is -0.706. The lowest BCUT2D eigenvalue weighted by atomic mass is 10.0. The third-order valence-corrected chi connectivity index (χ3v) is 2.44. The standard InChI is InChI=1S/C10H20N2O3S/c1-6(2)4-8(10(14)15-3)12-9(13)7(11)5-16/h6-8,16H,4-5,11H2,1-3H3,(H,12,13)/t7-,8-/m0/s1. The van der Waals surface area contributed by atoms with Gasteiger partial charge >= 0.3 is 5.97 Å². The molecular formula is C10H20N2O3S. The summed E-state index contributed by atoms with van der Waals surface area (Å²) < 4.78 is 4.61. The SMILES string of the molecule is COC(=O)[C@H](CC(C)C)NC(=O)[C@@H](N)CS. The molecule has 0 saturated carbocycles. The van der Waals surface area contributed by atoms with Gasteiger partial charge in [-0.25, -0.2) is 4.79 Å². The monoisotopic (exact) mass is 248 g/mol. The Morgan fingerprint density at radius 1 is 1.44 bits per heavy atom. The predicted molar refractivity (Wildman–Crippen MR) is 65.2 cm³/mol. The number of nitrogens with two attached hydrogens (primary N) is 1. The highest BCUT2D eigenvalue weighted by Gasteiger charge is 2.24. The fraction of sp³-hybridized carbons (Fsp3) is 0.800. The van der Waals surface area contributed by atoms with Crippen molar-refractivity contribution < 1.29 is 14.3 Å². The van der Waals surface area contributed by atoms with Gasteiger partial charge in [0.25, 0.3) is 0 Å². The number of amides is 1. The average molecular weight is 248 g/mol. The van der Waals surface area contributed by atoms with Crippen LogP contribution in [0.3, 0.4) is 0 Å². The van der Waals surface area contributed by atoms with Crippen LogP contribution in [0.15, 0.2) is 0 Å². The number of carbonyl (C=O) groups excluding carboxylic acids is 2. The number of carbonyl (C=O) groups is 2. The quantitative estimate of drug-likeness (QED) is 0.454. The summed E-state index contributed by atoms with van der Waals surface area (Å²) >= 11 is 3.92. The van der Waals surface area contributed by atoms with E-state index in [0.29, 0.717) is 6.42 Å². The van der Waals surface area contributed by atoms with E-state index in [4.69, 9.17) is 5.73 Å². The Hall–Kier alpha value is -0.750. The summed E-state index contributed by atoms with van der Waals surface area (Å²) in [6.07, 6.45) is 0.526. The summed E-state index contributed by atoms with van der Waals surface area (Å²) in [6, 6.07) is -1.34. The number of hydrogen-bond acceptors (Lipinski definition) is 5. The van der Waals surface area contributed by atoms with Gasteiger partial charge in [0, 0.05) is 5.75 Å². The van der Waals surface area contributed by atoms with E-state index in [0.717, 1.165) is 0 Å². The minimum Gasteiger partial charge on any atom is -0.467 e. The van der Waals surface area contributed by atoms with E-state index in [2.05, 4.69) is 22.7 Å². The van der Waals surface area contributed by atoms with Crippen molar-refractivity contribution in [1.29, 1.82) is 0 Å². The third-order valence-electron chi connectivity index (χ3n) is 2.04. The van der Waals surface area contributed by atoms with Crippen molar-refractivity contribution in [3.05, 3.63) is 0 Å². The first-order valence-corrected chi connectivity index (χ1v) is 5.80. The van der Waals surface area contributed by atoms with Crippen LogP contribution in [-0.4, -0.2) is 36.8 Å². The smallest absolute Gasteiger partial charge is 0.328 e. The van der Waals surface area contributed by atoms with Crippen LogP contribution in [0.4, 0.5) is 0 Å². The zero-order valence-electron chi connectivity index (χ0n) is 9.90. The minimum absolute atomic E-state index is 0.238. The lowest BCUT2D eigenvalue weighted by molar-refractivity contribution is -0.145. The van der Waals surface area contributed by atoms with Crippen LogP contribution in [0, 0.1) is 5.92 Å². The molecule has 0 spiro atoms. The van der Waals surface area contributed by atoms with Crippen LogP contribution in [-0.2, 0) is 14.3 Å². The highest BCUT2D eigenvalue weighted by atomic mass is 32.1. The Balaban J connectivity index is 4.42. The van der Waals surface area contributed by atoms with Gasteiger partial charge in [-0.1, -0.05) is 13.8 Å². The fourth-order valence-corrected chi connectivity index (χ4v) is 1.36. The van der Waals surface area contributed by atoms with E-state index in [1.165, 1.54) is 7.11 Å². The number of ether oxygens (including phenoxy) is 1. The molecule has 0 aliphatic heterocycles. The van der Waals surface area contributed by atoms with Crippen molar-refractivity contribution in [2.45, 2.75) is 32.4 Å². The van der Waals surface area contributed by atoms with Gasteiger partial charge in [0.05, 0.1) is 13.2 Å². The summed E-state index contributed by atoms with van der Waals surface area (Å²) in [5.74, 6) is -0.322. The summed E-state index contributed by atoms with van der Waals surface area (Å²) in [5.41, 5.74) is 5.50. The Bertz CT molecular complexity index is 246. The van der Waals surface area contributed by atoms with Crippen LogP contribution >= 0.6 is 12.6 Å². The Labute approximate surface area is 102 Å². The van der Waals surface area contributed by atoms with Gasteiger partial charge in [0.1, 0.15) is 6.04 Å². The van der Waals surface area contributed by atoms with Crippen molar-refractivity contribution in [3.8, 4) is 0 Å². The molecule has 3 N–H and O–H groups in total. The molecule has 6 heteroatoms. The molecule has 0 fully saturated rings. The number of hydrogen-bond donors (Lipinski definition) is 3. The zero-order valence-corrected chi connectivity index (χ0v) is 10.8. The first kappa shape index (κ1) is 15.2. The van der Waals surface area contributed by atoms with Gasteiger partial charge in [-0.3, -0.25) is 4.79 Å². The summed E-state index contributed by atoms with van der Waals surface area (Å²) in [5, 5.41) is 2.56. The second-order valence-electron chi connectivity index (χ2n) is 4.00. The van der Waals surface area contributed by atoms with Crippen LogP contribution in [0.2, 0.25) is 0 Å². The zero-order chi connectivity index (χ0) is 12.7. The van der Waals surface area contributed by atoms with Gasteiger partial charge in [0.2, 0.25) is 5.91 Å². The van der Waals surface area contributed by atoms with Crippen molar-refractivity contribution >= 4 is 24.5 Å². The largest absolute Gasteiger partial charge is 0.467 e. The highest BCUT2D eigenvalue weighted by molar-refractivity contribution is 7.80. The van der Waals surface area contributed by atoms with Gasteiger partial charge < -0.3 is 15.8 Å². The van der Waals surface area contributed by atoms with Crippen molar-refractivity contribution in [3.63, 3.8) is 0 Å². The maximum atomic E-state index is 11.5. The van der Waals surface area contributed by atoms with E-state index in [1.54, 1.807) is 0 Å². The van der Waals surface area contributed by atoms with Crippen LogP contribution in [0.25, 0.3) is 0 Å². The molecule has 0 radical (unpaired) electrons.